The van der Waals surface area contributed by atoms with E-state index in [1.165, 1.54) is 0 Å². The summed E-state index contributed by atoms with van der Waals surface area (Å²) >= 11 is 0. The molecule has 3 rings (SSSR count). The fourth-order valence-corrected chi connectivity index (χ4v) is 2.06. The lowest BCUT2D eigenvalue weighted by Gasteiger charge is -2.12. The molecule has 100 valence electrons. The number of anilines is 2. The second kappa shape index (κ2) is 4.70. The number of fused-ring (bicyclic) bond motifs is 1. The third-order valence-electron chi connectivity index (χ3n) is 3.13. The predicted octanol–water partition coefficient (Wildman–Crippen LogP) is 2.89. The lowest BCUT2D eigenvalue weighted by atomic mass is 10.1. The van der Waals surface area contributed by atoms with Crippen molar-refractivity contribution in [2.75, 3.05) is 11.5 Å². The number of aryl methyl sites for hydroxylation is 1. The second-order valence-corrected chi connectivity index (χ2v) is 4.49. The molecule has 0 saturated heterocycles. The number of nitrogens with zero attached hydrogens (tertiary/aromatic N) is 2. The molecule has 0 saturated carbocycles. The van der Waals surface area contributed by atoms with Gasteiger partial charge < -0.3 is 16.2 Å². The van der Waals surface area contributed by atoms with E-state index in [1.807, 2.05) is 31.2 Å². The highest BCUT2D eigenvalue weighted by molar-refractivity contribution is 5.88. The molecule has 0 aliphatic rings. The van der Waals surface area contributed by atoms with Crippen LogP contribution in [0.3, 0.4) is 0 Å². The number of ether oxygens (including phenoxy) is 1. The van der Waals surface area contributed by atoms with E-state index in [1.54, 1.807) is 18.5 Å². The van der Waals surface area contributed by atoms with Crippen molar-refractivity contribution in [2.24, 2.45) is 0 Å². The minimum absolute atomic E-state index is 0.261. The Hall–Kier alpha value is -2.82. The number of hydrogen-bond acceptors (Lipinski definition) is 5. The van der Waals surface area contributed by atoms with E-state index < -0.39 is 0 Å². The van der Waals surface area contributed by atoms with Crippen LogP contribution in [0.4, 0.5) is 11.5 Å². The molecule has 5 nitrogen and oxygen atoms in total. The summed E-state index contributed by atoms with van der Waals surface area (Å²) in [5.41, 5.74) is 13.9. The van der Waals surface area contributed by atoms with E-state index in [2.05, 4.69) is 9.97 Å². The van der Waals surface area contributed by atoms with Crippen LogP contribution in [0, 0.1) is 6.92 Å². The van der Waals surface area contributed by atoms with Crippen LogP contribution >= 0.6 is 0 Å². The number of rotatable bonds is 2. The third kappa shape index (κ3) is 1.99. The highest BCUT2D eigenvalue weighted by atomic mass is 16.5. The van der Waals surface area contributed by atoms with Gasteiger partial charge in [-0.25, -0.2) is 4.98 Å². The van der Waals surface area contributed by atoms with Crippen molar-refractivity contribution in [3.8, 4) is 11.5 Å². The maximum atomic E-state index is 5.88. The van der Waals surface area contributed by atoms with Crippen LogP contribution < -0.4 is 16.2 Å². The minimum atomic E-state index is 0.261. The Morgan fingerprint density at radius 2 is 1.80 bits per heavy atom. The Bertz CT molecular complexity index is 786. The van der Waals surface area contributed by atoms with E-state index in [4.69, 9.17) is 16.2 Å². The van der Waals surface area contributed by atoms with Crippen LogP contribution in [0.5, 0.6) is 11.5 Å². The molecule has 2 heterocycles. The Balaban J connectivity index is 2.12. The SMILES string of the molecule is Cc1ccc(Oc2ccnc(N)c2N)c2cccnc12. The molecule has 4 N–H and O–H groups in total. The summed E-state index contributed by atoms with van der Waals surface area (Å²) < 4.78 is 5.87. The van der Waals surface area contributed by atoms with Crippen molar-refractivity contribution in [1.82, 2.24) is 9.97 Å². The van der Waals surface area contributed by atoms with Gasteiger partial charge in [-0.2, -0.15) is 0 Å². The molecule has 0 aliphatic heterocycles. The summed E-state index contributed by atoms with van der Waals surface area (Å²) in [4.78, 5) is 8.29. The number of hydrogen-bond donors (Lipinski definition) is 2. The van der Waals surface area contributed by atoms with E-state index in [0.717, 1.165) is 16.5 Å². The van der Waals surface area contributed by atoms with Crippen molar-refractivity contribution in [1.29, 1.82) is 0 Å². The molecule has 0 spiro atoms. The van der Waals surface area contributed by atoms with Gasteiger partial charge in [0.05, 0.1) is 5.52 Å². The van der Waals surface area contributed by atoms with Crippen molar-refractivity contribution in [3.63, 3.8) is 0 Å². The Labute approximate surface area is 116 Å². The number of aromatic nitrogens is 2. The summed E-state index contributed by atoms with van der Waals surface area (Å²) in [6, 6.07) is 9.39. The minimum Gasteiger partial charge on any atom is -0.454 e. The zero-order valence-corrected chi connectivity index (χ0v) is 11.0. The van der Waals surface area contributed by atoms with Gasteiger partial charge in [0.15, 0.2) is 5.75 Å². The van der Waals surface area contributed by atoms with Gasteiger partial charge >= 0.3 is 0 Å². The lowest BCUT2D eigenvalue weighted by Crippen LogP contribution is -2.00. The third-order valence-corrected chi connectivity index (χ3v) is 3.13. The van der Waals surface area contributed by atoms with Gasteiger partial charge in [-0.15, -0.1) is 0 Å². The van der Waals surface area contributed by atoms with Crippen LogP contribution in [-0.2, 0) is 0 Å². The molecule has 2 aromatic heterocycles. The van der Waals surface area contributed by atoms with Crippen molar-refractivity contribution in [2.45, 2.75) is 6.92 Å². The van der Waals surface area contributed by atoms with Gasteiger partial charge in [-0.05, 0) is 30.7 Å². The molecule has 0 unspecified atom stereocenters. The Morgan fingerprint density at radius 1 is 0.950 bits per heavy atom. The Kier molecular flexibility index (Phi) is 2.87. The molecule has 0 radical (unpaired) electrons. The van der Waals surface area contributed by atoms with Crippen molar-refractivity contribution < 1.29 is 4.74 Å². The summed E-state index contributed by atoms with van der Waals surface area (Å²) in [5.74, 6) is 1.44. The van der Waals surface area contributed by atoms with Crippen molar-refractivity contribution in [3.05, 3.63) is 48.3 Å². The highest BCUT2D eigenvalue weighted by Gasteiger charge is 2.10. The zero-order valence-electron chi connectivity index (χ0n) is 11.0. The van der Waals surface area contributed by atoms with Crippen LogP contribution in [0.2, 0.25) is 0 Å². The molecular weight excluding hydrogens is 252 g/mol. The smallest absolute Gasteiger partial charge is 0.155 e. The molecule has 0 fully saturated rings. The summed E-state index contributed by atoms with van der Waals surface area (Å²) in [5, 5.41) is 0.933. The van der Waals surface area contributed by atoms with Gasteiger partial charge in [0.2, 0.25) is 0 Å². The van der Waals surface area contributed by atoms with Crippen LogP contribution in [0.15, 0.2) is 42.7 Å². The molecule has 0 amide bonds. The average Bonchev–Trinajstić information content (AvgIpc) is 2.47. The molecule has 5 heteroatoms. The normalized spacial score (nSPS) is 10.7. The molecule has 0 aliphatic carbocycles. The molecule has 20 heavy (non-hydrogen) atoms. The quantitative estimate of drug-likeness (QED) is 0.744. The first kappa shape index (κ1) is 12.2. The van der Waals surface area contributed by atoms with Crippen LogP contribution in [0.25, 0.3) is 10.9 Å². The average molecular weight is 266 g/mol. The maximum absolute atomic E-state index is 5.88. The van der Waals surface area contributed by atoms with Gasteiger partial charge in [0.25, 0.3) is 0 Å². The van der Waals surface area contributed by atoms with Gasteiger partial charge in [-0.1, -0.05) is 6.07 Å². The van der Waals surface area contributed by atoms with E-state index in [-0.39, 0.29) is 5.82 Å². The highest BCUT2D eigenvalue weighted by Crippen LogP contribution is 2.34. The topological polar surface area (TPSA) is 87.0 Å². The number of nitrogen functional groups attached to an aromatic ring is 2. The van der Waals surface area contributed by atoms with E-state index in [0.29, 0.717) is 17.2 Å². The largest absolute Gasteiger partial charge is 0.454 e. The van der Waals surface area contributed by atoms with Crippen LogP contribution in [0.1, 0.15) is 5.56 Å². The van der Waals surface area contributed by atoms with E-state index in [9.17, 15) is 0 Å². The fourth-order valence-electron chi connectivity index (χ4n) is 2.06. The summed E-state index contributed by atoms with van der Waals surface area (Å²) in [7, 11) is 0. The lowest BCUT2D eigenvalue weighted by molar-refractivity contribution is 0.490. The first-order valence-electron chi connectivity index (χ1n) is 6.19. The summed E-state index contributed by atoms with van der Waals surface area (Å²) in [6.07, 6.45) is 3.33. The zero-order chi connectivity index (χ0) is 14.1. The number of nitrogens with two attached hydrogens (primary N) is 2. The van der Waals surface area contributed by atoms with E-state index >= 15 is 0 Å². The molecule has 3 aromatic rings. The van der Waals surface area contributed by atoms with Crippen molar-refractivity contribution >= 4 is 22.4 Å². The molecule has 1 aromatic carbocycles. The Morgan fingerprint density at radius 3 is 2.65 bits per heavy atom. The number of pyridine rings is 2. The second-order valence-electron chi connectivity index (χ2n) is 4.49. The molecule has 0 bridgehead atoms. The monoisotopic (exact) mass is 266 g/mol. The molecule has 0 atom stereocenters. The van der Waals surface area contributed by atoms with Crippen LogP contribution in [-0.4, -0.2) is 9.97 Å². The molecular formula is C15H14N4O. The number of benzene rings is 1. The van der Waals surface area contributed by atoms with Gasteiger partial charge in [0, 0.05) is 23.8 Å². The standard InChI is InChI=1S/C15H14N4O/c1-9-4-5-11(10-3-2-7-18-14(9)10)20-12-6-8-19-15(17)13(12)16/h2-8H,16H2,1H3,(H2,17,19). The van der Waals surface area contributed by atoms with Gasteiger partial charge in [-0.3, -0.25) is 4.98 Å². The first-order chi connectivity index (χ1) is 9.66. The maximum Gasteiger partial charge on any atom is 0.155 e. The predicted molar refractivity (Wildman–Crippen MR) is 79.6 cm³/mol. The first-order valence-corrected chi connectivity index (χ1v) is 6.19. The summed E-state index contributed by atoms with van der Waals surface area (Å²) in [6.45, 7) is 2.01. The fraction of sp³-hybridized carbons (Fsp3) is 0.0667. The van der Waals surface area contributed by atoms with Gasteiger partial charge in [0.1, 0.15) is 17.3 Å².